The molecule has 0 saturated carbocycles. The van der Waals surface area contributed by atoms with Crippen molar-refractivity contribution < 1.29 is 27.1 Å². The van der Waals surface area contributed by atoms with E-state index in [1.165, 1.54) is 55.6 Å². The SMILES string of the molecule is CN(c1ccc(C(=O)COC(=O)/C=C/c2ccccc2F)cc1)S(C)(=O)=O. The van der Waals surface area contributed by atoms with Gasteiger partial charge in [0, 0.05) is 24.3 Å². The van der Waals surface area contributed by atoms with Crippen molar-refractivity contribution in [3.05, 3.63) is 71.6 Å². The second-order valence-electron chi connectivity index (χ2n) is 5.66. The highest BCUT2D eigenvalue weighted by molar-refractivity contribution is 7.92. The summed E-state index contributed by atoms with van der Waals surface area (Å²) in [4.78, 5) is 23.7. The number of anilines is 1. The zero-order valence-electron chi connectivity index (χ0n) is 14.8. The van der Waals surface area contributed by atoms with Crippen LogP contribution in [0, 0.1) is 5.82 Å². The first-order valence-corrected chi connectivity index (χ1v) is 9.70. The molecular weight excluding hydrogens is 373 g/mol. The molecule has 0 N–H and O–H groups in total. The fraction of sp³-hybridized carbons (Fsp3) is 0.158. The van der Waals surface area contributed by atoms with Crippen molar-refractivity contribution in [2.75, 3.05) is 24.2 Å². The second kappa shape index (κ2) is 8.59. The smallest absolute Gasteiger partial charge is 0.331 e. The van der Waals surface area contributed by atoms with Gasteiger partial charge in [0.1, 0.15) is 5.82 Å². The molecule has 0 bridgehead atoms. The molecule has 0 saturated heterocycles. The van der Waals surface area contributed by atoms with Crippen molar-refractivity contribution in [3.63, 3.8) is 0 Å². The van der Waals surface area contributed by atoms with Gasteiger partial charge in [0.15, 0.2) is 12.4 Å². The minimum atomic E-state index is -3.40. The fourth-order valence-corrected chi connectivity index (χ4v) is 2.59. The molecule has 0 radical (unpaired) electrons. The largest absolute Gasteiger partial charge is 0.454 e. The molecule has 0 unspecified atom stereocenters. The normalized spacial score (nSPS) is 11.4. The Balaban J connectivity index is 1.93. The summed E-state index contributed by atoms with van der Waals surface area (Å²) < 4.78 is 42.3. The van der Waals surface area contributed by atoms with E-state index < -0.39 is 34.2 Å². The summed E-state index contributed by atoms with van der Waals surface area (Å²) in [6.45, 7) is -0.484. The summed E-state index contributed by atoms with van der Waals surface area (Å²) in [5.41, 5.74) is 0.900. The van der Waals surface area contributed by atoms with Crippen molar-refractivity contribution in [2.24, 2.45) is 0 Å². The maximum absolute atomic E-state index is 13.4. The Kier molecular flexibility index (Phi) is 6.46. The summed E-state index contributed by atoms with van der Waals surface area (Å²) in [5, 5.41) is 0. The lowest BCUT2D eigenvalue weighted by Crippen LogP contribution is -2.24. The molecule has 6 nitrogen and oxygen atoms in total. The number of carbonyl (C=O) groups is 2. The minimum Gasteiger partial charge on any atom is -0.454 e. The van der Waals surface area contributed by atoms with Crippen molar-refractivity contribution in [1.82, 2.24) is 0 Å². The van der Waals surface area contributed by atoms with Crippen LogP contribution in [0.15, 0.2) is 54.6 Å². The third-order valence-electron chi connectivity index (χ3n) is 3.70. The highest BCUT2D eigenvalue weighted by Gasteiger charge is 2.13. The van der Waals surface area contributed by atoms with Gasteiger partial charge in [0.25, 0.3) is 0 Å². The number of hydrogen-bond acceptors (Lipinski definition) is 5. The lowest BCUT2D eigenvalue weighted by molar-refractivity contribution is -0.136. The molecule has 0 aliphatic heterocycles. The third-order valence-corrected chi connectivity index (χ3v) is 4.91. The number of ketones is 1. The Bertz CT molecular complexity index is 968. The topological polar surface area (TPSA) is 80.8 Å². The Morgan fingerprint density at radius 2 is 1.74 bits per heavy atom. The van der Waals surface area contributed by atoms with E-state index in [-0.39, 0.29) is 11.1 Å². The zero-order chi connectivity index (χ0) is 20.0. The molecule has 0 aliphatic carbocycles. The summed E-state index contributed by atoms with van der Waals surface area (Å²) in [5.74, 6) is -1.70. The van der Waals surface area contributed by atoms with Crippen molar-refractivity contribution >= 4 is 33.5 Å². The van der Waals surface area contributed by atoms with E-state index >= 15 is 0 Å². The van der Waals surface area contributed by atoms with Crippen LogP contribution in [0.2, 0.25) is 0 Å². The molecule has 2 aromatic rings. The van der Waals surface area contributed by atoms with E-state index in [9.17, 15) is 22.4 Å². The molecule has 0 aromatic heterocycles. The number of benzene rings is 2. The van der Waals surface area contributed by atoms with Gasteiger partial charge in [0.2, 0.25) is 10.0 Å². The van der Waals surface area contributed by atoms with Crippen molar-refractivity contribution in [3.8, 4) is 0 Å². The Labute approximate surface area is 156 Å². The number of hydrogen-bond donors (Lipinski definition) is 0. The minimum absolute atomic E-state index is 0.228. The van der Waals surface area contributed by atoms with Gasteiger partial charge in [-0.2, -0.15) is 0 Å². The molecule has 2 rings (SSSR count). The number of halogens is 1. The molecule has 27 heavy (non-hydrogen) atoms. The molecule has 0 fully saturated rings. The highest BCUT2D eigenvalue weighted by atomic mass is 32.2. The molecule has 2 aromatic carbocycles. The number of Topliss-reactive ketones (excluding diaryl/α,β-unsaturated/α-hetero) is 1. The molecule has 0 aliphatic rings. The molecule has 0 amide bonds. The average Bonchev–Trinajstić information content (AvgIpc) is 2.64. The lowest BCUT2D eigenvalue weighted by atomic mass is 10.1. The van der Waals surface area contributed by atoms with Crippen LogP contribution < -0.4 is 4.31 Å². The van der Waals surface area contributed by atoms with Crippen LogP contribution in [0.4, 0.5) is 10.1 Å². The monoisotopic (exact) mass is 391 g/mol. The third kappa shape index (κ3) is 5.75. The number of sulfonamides is 1. The summed E-state index contributed by atoms with van der Waals surface area (Å²) in [7, 11) is -2.00. The standard InChI is InChI=1S/C19H18FNO5S/c1-21(27(2,24)25)16-10-7-15(8-11-16)18(22)13-26-19(23)12-9-14-5-3-4-6-17(14)20/h3-12H,13H2,1-2H3/b12-9+. The van der Waals surface area contributed by atoms with Gasteiger partial charge in [0.05, 0.1) is 11.9 Å². The summed E-state index contributed by atoms with van der Waals surface area (Å²) in [6.07, 6.45) is 3.37. The average molecular weight is 391 g/mol. The quantitative estimate of drug-likeness (QED) is 0.412. The van der Waals surface area contributed by atoms with E-state index in [1.807, 2.05) is 0 Å². The highest BCUT2D eigenvalue weighted by Crippen LogP contribution is 2.16. The van der Waals surface area contributed by atoms with Crippen LogP contribution in [0.25, 0.3) is 6.08 Å². The maximum Gasteiger partial charge on any atom is 0.331 e. The van der Waals surface area contributed by atoms with Gasteiger partial charge < -0.3 is 4.74 Å². The van der Waals surface area contributed by atoms with E-state index in [4.69, 9.17) is 4.74 Å². The summed E-state index contributed by atoms with van der Waals surface area (Å²) in [6, 6.07) is 11.8. The van der Waals surface area contributed by atoms with Gasteiger partial charge in [-0.25, -0.2) is 17.6 Å². The first-order chi connectivity index (χ1) is 12.7. The Morgan fingerprint density at radius 3 is 2.33 bits per heavy atom. The van der Waals surface area contributed by atoms with Crippen molar-refractivity contribution in [1.29, 1.82) is 0 Å². The van der Waals surface area contributed by atoms with Crippen LogP contribution in [-0.2, 0) is 19.6 Å². The van der Waals surface area contributed by atoms with Crippen molar-refractivity contribution in [2.45, 2.75) is 0 Å². The maximum atomic E-state index is 13.4. The van der Waals surface area contributed by atoms with Gasteiger partial charge >= 0.3 is 5.97 Å². The second-order valence-corrected chi connectivity index (χ2v) is 7.68. The predicted octanol–water partition coefficient (Wildman–Crippen LogP) is 2.66. The first-order valence-electron chi connectivity index (χ1n) is 7.85. The van der Waals surface area contributed by atoms with Crippen LogP contribution in [-0.4, -0.2) is 40.1 Å². The molecular formula is C19H18FNO5S. The molecule has 142 valence electrons. The van der Waals surface area contributed by atoms with Gasteiger partial charge in [-0.3, -0.25) is 9.10 Å². The number of esters is 1. The molecule has 0 spiro atoms. The number of nitrogens with zero attached hydrogens (tertiary/aromatic N) is 1. The van der Waals surface area contributed by atoms with E-state index in [2.05, 4.69) is 0 Å². The number of ether oxygens (including phenoxy) is 1. The lowest BCUT2D eigenvalue weighted by Gasteiger charge is -2.16. The Hall–Kier alpha value is -3.00. The molecule has 0 heterocycles. The van der Waals surface area contributed by atoms with E-state index in [0.29, 0.717) is 5.69 Å². The number of rotatable bonds is 7. The molecule has 8 heteroatoms. The van der Waals surface area contributed by atoms with Gasteiger partial charge in [-0.05, 0) is 36.4 Å². The predicted molar refractivity (Wildman–Crippen MR) is 100 cm³/mol. The van der Waals surface area contributed by atoms with E-state index in [0.717, 1.165) is 16.6 Å². The van der Waals surface area contributed by atoms with Crippen LogP contribution >= 0.6 is 0 Å². The zero-order valence-corrected chi connectivity index (χ0v) is 15.6. The summed E-state index contributed by atoms with van der Waals surface area (Å²) >= 11 is 0. The van der Waals surface area contributed by atoms with Crippen LogP contribution in [0.3, 0.4) is 0 Å². The van der Waals surface area contributed by atoms with Gasteiger partial charge in [-0.1, -0.05) is 18.2 Å². The van der Waals surface area contributed by atoms with Crippen LogP contribution in [0.1, 0.15) is 15.9 Å². The number of carbonyl (C=O) groups excluding carboxylic acids is 2. The Morgan fingerprint density at radius 1 is 1.11 bits per heavy atom. The molecule has 0 atom stereocenters. The van der Waals surface area contributed by atoms with Crippen LogP contribution in [0.5, 0.6) is 0 Å². The van der Waals surface area contributed by atoms with E-state index in [1.54, 1.807) is 6.07 Å². The fourth-order valence-electron chi connectivity index (χ4n) is 2.08. The van der Waals surface area contributed by atoms with Gasteiger partial charge in [-0.15, -0.1) is 0 Å². The first kappa shape index (κ1) is 20.3.